The molecular formula is C21H23N7OS2. The molecule has 0 aromatic carbocycles. The van der Waals surface area contributed by atoms with E-state index < -0.39 is 0 Å². The summed E-state index contributed by atoms with van der Waals surface area (Å²) in [5.41, 5.74) is 1.61. The van der Waals surface area contributed by atoms with Crippen LogP contribution in [0, 0.1) is 0 Å². The Morgan fingerprint density at radius 1 is 1.13 bits per heavy atom. The number of hydrogen-bond donors (Lipinski definition) is 1. The predicted molar refractivity (Wildman–Crippen MR) is 124 cm³/mol. The Kier molecular flexibility index (Phi) is 4.48. The van der Waals surface area contributed by atoms with Crippen molar-refractivity contribution in [2.24, 2.45) is 0 Å². The van der Waals surface area contributed by atoms with Gasteiger partial charge >= 0.3 is 0 Å². The van der Waals surface area contributed by atoms with Crippen LogP contribution in [-0.2, 0) is 0 Å². The minimum atomic E-state index is -0.112. The van der Waals surface area contributed by atoms with E-state index in [1.54, 1.807) is 40.6 Å². The van der Waals surface area contributed by atoms with E-state index in [4.69, 9.17) is 9.97 Å². The van der Waals surface area contributed by atoms with Crippen molar-refractivity contribution in [3.05, 3.63) is 41.1 Å². The fraction of sp³-hybridized carbons (Fsp3) is 0.429. The smallest absolute Gasteiger partial charge is 0.257 e. The molecule has 4 aromatic heterocycles. The number of aromatic amines is 1. The summed E-state index contributed by atoms with van der Waals surface area (Å²) in [7, 11) is 4.44. The van der Waals surface area contributed by atoms with Crippen molar-refractivity contribution in [2.45, 2.75) is 43.8 Å². The van der Waals surface area contributed by atoms with Gasteiger partial charge in [-0.15, -0.1) is 0 Å². The molecule has 0 spiro atoms. The Balaban J connectivity index is 1.25. The molecule has 2 aliphatic heterocycles. The van der Waals surface area contributed by atoms with Gasteiger partial charge in [-0.3, -0.25) is 14.5 Å². The third-order valence-electron chi connectivity index (χ3n) is 6.83. The van der Waals surface area contributed by atoms with E-state index in [1.807, 2.05) is 6.07 Å². The first-order chi connectivity index (χ1) is 15.1. The largest absolute Gasteiger partial charge is 0.348 e. The van der Waals surface area contributed by atoms with Gasteiger partial charge in [0.15, 0.2) is 19.9 Å². The number of anilines is 1. The van der Waals surface area contributed by atoms with Gasteiger partial charge in [0, 0.05) is 49.2 Å². The monoisotopic (exact) mass is 453 g/mol. The fourth-order valence-corrected chi connectivity index (χ4v) is 7.01. The Bertz CT molecular complexity index is 1250. The molecule has 0 amide bonds. The van der Waals surface area contributed by atoms with Gasteiger partial charge in [-0.1, -0.05) is 22.7 Å². The number of rotatable bonds is 4. The van der Waals surface area contributed by atoms with E-state index in [-0.39, 0.29) is 5.56 Å². The van der Waals surface area contributed by atoms with Crippen molar-refractivity contribution in [1.82, 2.24) is 29.6 Å². The van der Waals surface area contributed by atoms with Gasteiger partial charge in [-0.05, 0) is 44.4 Å². The molecule has 8 nitrogen and oxygen atoms in total. The fourth-order valence-electron chi connectivity index (χ4n) is 4.96. The summed E-state index contributed by atoms with van der Waals surface area (Å²) in [5, 5.41) is 8.40. The van der Waals surface area contributed by atoms with E-state index >= 15 is 0 Å². The summed E-state index contributed by atoms with van der Waals surface area (Å²) in [6.45, 7) is 0. The number of piperidine rings is 1. The second-order valence-corrected chi connectivity index (χ2v) is 10.4. The Morgan fingerprint density at radius 3 is 2.58 bits per heavy atom. The second-order valence-electron chi connectivity index (χ2n) is 8.50. The molecule has 2 saturated heterocycles. The van der Waals surface area contributed by atoms with E-state index in [9.17, 15) is 4.79 Å². The minimum absolute atomic E-state index is 0.112. The molecule has 10 heteroatoms. The lowest BCUT2D eigenvalue weighted by atomic mass is 9.97. The number of aromatic nitrogens is 5. The zero-order valence-corrected chi connectivity index (χ0v) is 19.0. The summed E-state index contributed by atoms with van der Waals surface area (Å²) in [4.78, 5) is 29.0. The lowest BCUT2D eigenvalue weighted by Crippen LogP contribution is -2.47. The van der Waals surface area contributed by atoms with Gasteiger partial charge in [0.25, 0.3) is 5.56 Å². The normalized spacial score (nSPS) is 23.6. The molecule has 1 N–H and O–H groups in total. The maximum Gasteiger partial charge on any atom is 0.257 e. The first kappa shape index (κ1) is 19.1. The molecular weight excluding hydrogens is 430 g/mol. The van der Waals surface area contributed by atoms with Crippen LogP contribution in [0.5, 0.6) is 0 Å². The van der Waals surface area contributed by atoms with Crippen LogP contribution in [0.3, 0.4) is 0 Å². The second kappa shape index (κ2) is 7.25. The summed E-state index contributed by atoms with van der Waals surface area (Å²) in [6.07, 6.45) is 10.3. The highest BCUT2D eigenvalue weighted by Crippen LogP contribution is 2.39. The van der Waals surface area contributed by atoms with Crippen LogP contribution >= 0.6 is 22.7 Å². The highest BCUT2D eigenvalue weighted by Gasteiger charge is 2.40. The molecule has 3 atom stereocenters. The number of H-pyrrole nitrogens is 1. The van der Waals surface area contributed by atoms with Crippen LogP contribution in [0.4, 0.5) is 5.13 Å². The average Bonchev–Trinajstić information content (AvgIpc) is 3.51. The molecule has 160 valence electrons. The molecule has 0 saturated carbocycles. The van der Waals surface area contributed by atoms with Crippen LogP contribution in [-0.4, -0.2) is 61.9 Å². The van der Waals surface area contributed by atoms with Crippen LogP contribution in [0.2, 0.25) is 0 Å². The van der Waals surface area contributed by atoms with Crippen LogP contribution in [0.1, 0.15) is 25.7 Å². The number of hydrogen-bond acceptors (Lipinski definition) is 8. The third kappa shape index (κ3) is 3.20. The maximum absolute atomic E-state index is 12.7. The van der Waals surface area contributed by atoms with Crippen molar-refractivity contribution < 1.29 is 0 Å². The number of nitrogens with one attached hydrogen (secondary N) is 1. The van der Waals surface area contributed by atoms with Gasteiger partial charge in [0.2, 0.25) is 0 Å². The van der Waals surface area contributed by atoms with E-state index in [2.05, 4.69) is 34.1 Å². The summed E-state index contributed by atoms with van der Waals surface area (Å²) < 4.78 is 1.58. The quantitative estimate of drug-likeness (QED) is 0.510. The molecule has 0 aliphatic carbocycles. The van der Waals surface area contributed by atoms with Crippen molar-refractivity contribution in [2.75, 3.05) is 19.0 Å². The Hall–Kier alpha value is -2.56. The van der Waals surface area contributed by atoms with Gasteiger partial charge in [0.1, 0.15) is 0 Å². The van der Waals surface area contributed by atoms with Gasteiger partial charge in [0.05, 0.1) is 6.20 Å². The summed E-state index contributed by atoms with van der Waals surface area (Å²) >= 11 is 3.08. The lowest BCUT2D eigenvalue weighted by molar-refractivity contribution is 0.161. The molecule has 31 heavy (non-hydrogen) atoms. The predicted octanol–water partition coefficient (Wildman–Crippen LogP) is 3.36. The van der Waals surface area contributed by atoms with E-state index in [1.165, 1.54) is 37.0 Å². The molecule has 1 unspecified atom stereocenters. The molecule has 2 aliphatic rings. The highest BCUT2D eigenvalue weighted by molar-refractivity contribution is 7.29. The first-order valence-electron chi connectivity index (χ1n) is 10.5. The topological polar surface area (TPSA) is 82.9 Å². The molecule has 6 rings (SSSR count). The molecule has 0 radical (unpaired) electrons. The first-order valence-corrected chi connectivity index (χ1v) is 12.1. The average molecular weight is 454 g/mol. The zero-order valence-electron chi connectivity index (χ0n) is 17.4. The molecule has 2 fully saturated rings. The Morgan fingerprint density at radius 2 is 1.90 bits per heavy atom. The lowest BCUT2D eigenvalue weighted by Gasteiger charge is -2.40. The zero-order chi connectivity index (χ0) is 21.1. The minimum Gasteiger partial charge on any atom is -0.348 e. The molecule has 6 heterocycles. The number of pyridine rings is 1. The number of thiazole rings is 2. The van der Waals surface area contributed by atoms with Gasteiger partial charge < -0.3 is 9.80 Å². The van der Waals surface area contributed by atoms with Crippen LogP contribution in [0.25, 0.3) is 25.9 Å². The summed E-state index contributed by atoms with van der Waals surface area (Å²) in [5.74, 6) is 0. The summed E-state index contributed by atoms with van der Waals surface area (Å²) in [6, 6.07) is 5.46. The standard InChI is InChI=1S/C21H23N7OS2/c1-26-14-3-4-15(26)9-16(8-14)27(2)20-24-18-19(30-20)25-21(31-18)28-6-5-12(7-17(28)29)13-10-22-23-11-13/h5-7,10-11,14-16H,3-4,8-9H2,1-2H3,(H,22,23)/t14-,15+,16?. The van der Waals surface area contributed by atoms with Crippen molar-refractivity contribution in [3.8, 4) is 16.3 Å². The van der Waals surface area contributed by atoms with Gasteiger partial charge in [-0.25, -0.2) is 9.97 Å². The van der Waals surface area contributed by atoms with Crippen LogP contribution in [0.15, 0.2) is 35.5 Å². The molecule has 2 bridgehead atoms. The van der Waals surface area contributed by atoms with Crippen molar-refractivity contribution in [1.29, 1.82) is 0 Å². The molecule has 4 aromatic rings. The van der Waals surface area contributed by atoms with E-state index in [0.29, 0.717) is 23.3 Å². The number of fused-ring (bicyclic) bond motifs is 3. The maximum atomic E-state index is 12.7. The SMILES string of the molecule is CN(c1nc2sc(-n3ccc(-c4cn[nH]c4)cc3=O)nc2s1)C1C[C@H]2CC[C@@H](C1)N2C. The van der Waals surface area contributed by atoms with E-state index in [0.717, 1.165) is 25.9 Å². The van der Waals surface area contributed by atoms with Crippen molar-refractivity contribution >= 4 is 37.5 Å². The van der Waals surface area contributed by atoms with Crippen molar-refractivity contribution in [3.63, 3.8) is 0 Å². The highest BCUT2D eigenvalue weighted by atomic mass is 32.1. The Labute approximate surface area is 187 Å². The van der Waals surface area contributed by atoms with Gasteiger partial charge in [-0.2, -0.15) is 5.10 Å². The van der Waals surface area contributed by atoms with Crippen LogP contribution < -0.4 is 10.5 Å². The third-order valence-corrected chi connectivity index (χ3v) is 8.95. The number of nitrogens with zero attached hydrogens (tertiary/aromatic N) is 6.